The number of isocyanates is 1. The minimum Gasteiger partial charge on any atom is -0.211 e. The van der Waals surface area contributed by atoms with E-state index in [2.05, 4.69) is 17.6 Å². The Morgan fingerprint density at radius 3 is 1.24 bits per heavy atom. The molecule has 0 aliphatic carbocycles. The molecule has 0 atom stereocenters. The SMILES string of the molecule is O=C=NCCCCCCCCCCCCCCCCCS. The number of aliphatic imine (C=N–C) groups is 1. The maximum absolute atomic E-state index is 9.87. The fraction of sp³-hybridized carbons (Fsp3) is 0.944. The van der Waals surface area contributed by atoms with Gasteiger partial charge in [-0.25, -0.2) is 9.79 Å². The summed E-state index contributed by atoms with van der Waals surface area (Å²) < 4.78 is 0. The lowest BCUT2D eigenvalue weighted by molar-refractivity contribution is 0.532. The molecule has 0 aromatic heterocycles. The van der Waals surface area contributed by atoms with Gasteiger partial charge in [0.25, 0.3) is 0 Å². The summed E-state index contributed by atoms with van der Waals surface area (Å²) in [6.07, 6.45) is 21.8. The minimum absolute atomic E-state index is 0.665. The summed E-state index contributed by atoms with van der Waals surface area (Å²) in [5.41, 5.74) is 0. The number of carbonyl (C=O) groups excluding carboxylic acids is 1. The van der Waals surface area contributed by atoms with Crippen molar-refractivity contribution in [2.24, 2.45) is 4.99 Å². The van der Waals surface area contributed by atoms with Crippen molar-refractivity contribution >= 4 is 18.7 Å². The molecule has 0 saturated carbocycles. The highest BCUT2D eigenvalue weighted by Gasteiger charge is 1.94. The molecule has 0 N–H and O–H groups in total. The molecule has 0 unspecified atom stereocenters. The quantitative estimate of drug-likeness (QED) is 0.149. The van der Waals surface area contributed by atoms with Gasteiger partial charge in [0.2, 0.25) is 6.08 Å². The molecule has 21 heavy (non-hydrogen) atoms. The van der Waals surface area contributed by atoms with Crippen molar-refractivity contribution in [3.05, 3.63) is 0 Å². The van der Waals surface area contributed by atoms with Crippen LogP contribution in [0, 0.1) is 0 Å². The second-order valence-corrected chi connectivity index (χ2v) is 6.45. The van der Waals surface area contributed by atoms with E-state index in [1.165, 1.54) is 89.9 Å². The summed E-state index contributed by atoms with van der Waals surface area (Å²) in [5, 5.41) is 0. The van der Waals surface area contributed by atoms with Gasteiger partial charge < -0.3 is 0 Å². The van der Waals surface area contributed by atoms with E-state index in [4.69, 9.17) is 0 Å². The molecule has 0 aromatic rings. The van der Waals surface area contributed by atoms with Gasteiger partial charge in [0, 0.05) is 0 Å². The van der Waals surface area contributed by atoms with Crippen LogP contribution in [-0.2, 0) is 4.79 Å². The Kier molecular flexibility index (Phi) is 19.5. The second kappa shape index (κ2) is 19.7. The highest BCUT2D eigenvalue weighted by molar-refractivity contribution is 7.80. The highest BCUT2D eigenvalue weighted by Crippen LogP contribution is 2.13. The molecule has 0 radical (unpaired) electrons. The molecule has 0 bridgehead atoms. The van der Waals surface area contributed by atoms with Crippen molar-refractivity contribution < 1.29 is 4.79 Å². The van der Waals surface area contributed by atoms with Crippen molar-refractivity contribution in [2.75, 3.05) is 12.3 Å². The summed E-state index contributed by atoms with van der Waals surface area (Å²) in [5.74, 6) is 1.05. The third-order valence-corrected chi connectivity index (χ3v) is 4.31. The van der Waals surface area contributed by atoms with Crippen molar-refractivity contribution in [3.8, 4) is 0 Å². The molecule has 0 heterocycles. The van der Waals surface area contributed by atoms with Crippen LogP contribution in [0.5, 0.6) is 0 Å². The van der Waals surface area contributed by atoms with Crippen LogP contribution in [0.15, 0.2) is 4.99 Å². The Labute approximate surface area is 137 Å². The summed E-state index contributed by atoms with van der Waals surface area (Å²) in [6.45, 7) is 0.665. The van der Waals surface area contributed by atoms with Gasteiger partial charge in [-0.1, -0.05) is 83.5 Å². The maximum atomic E-state index is 9.87. The standard InChI is InChI=1S/C18H35NOS/c20-18-19-16-14-12-10-8-6-4-2-1-3-5-7-9-11-13-15-17-21/h21H,1-17H2. The first kappa shape index (κ1) is 20.7. The lowest BCUT2D eigenvalue weighted by Crippen LogP contribution is -1.85. The van der Waals surface area contributed by atoms with Gasteiger partial charge in [0.05, 0.1) is 6.54 Å². The monoisotopic (exact) mass is 313 g/mol. The predicted octanol–water partition coefficient (Wildman–Crippen LogP) is 6.10. The molecule has 0 aliphatic heterocycles. The van der Waals surface area contributed by atoms with Gasteiger partial charge in [-0.05, 0) is 18.6 Å². The van der Waals surface area contributed by atoms with Crippen LogP contribution >= 0.6 is 12.6 Å². The molecular formula is C18H35NOS. The first-order valence-electron chi connectivity index (χ1n) is 9.06. The van der Waals surface area contributed by atoms with Gasteiger partial charge in [0.1, 0.15) is 0 Å². The smallest absolute Gasteiger partial charge is 0.211 e. The van der Waals surface area contributed by atoms with E-state index in [-0.39, 0.29) is 0 Å². The van der Waals surface area contributed by atoms with Crippen molar-refractivity contribution in [1.29, 1.82) is 0 Å². The number of nitrogens with zero attached hydrogens (tertiary/aromatic N) is 1. The predicted molar refractivity (Wildman–Crippen MR) is 96.1 cm³/mol. The molecule has 0 saturated heterocycles. The van der Waals surface area contributed by atoms with E-state index in [1.807, 2.05) is 0 Å². The van der Waals surface area contributed by atoms with Gasteiger partial charge in [0.15, 0.2) is 0 Å². The molecule has 2 nitrogen and oxygen atoms in total. The Bertz CT molecular complexity index is 239. The number of hydrogen-bond acceptors (Lipinski definition) is 3. The number of rotatable bonds is 17. The van der Waals surface area contributed by atoms with Crippen molar-refractivity contribution in [3.63, 3.8) is 0 Å². The molecule has 0 fully saturated rings. The third-order valence-electron chi connectivity index (χ3n) is 3.99. The molecule has 0 rings (SSSR count). The van der Waals surface area contributed by atoms with E-state index in [9.17, 15) is 4.79 Å². The number of thiol groups is 1. The van der Waals surface area contributed by atoms with E-state index in [0.717, 1.165) is 12.2 Å². The highest BCUT2D eigenvalue weighted by atomic mass is 32.1. The van der Waals surface area contributed by atoms with Crippen LogP contribution < -0.4 is 0 Å². The van der Waals surface area contributed by atoms with Gasteiger partial charge in [-0.15, -0.1) is 0 Å². The molecule has 0 spiro atoms. The summed E-state index contributed by atoms with van der Waals surface area (Å²) in [4.78, 5) is 13.4. The average molecular weight is 314 g/mol. The fourth-order valence-corrected chi connectivity index (χ4v) is 2.87. The normalized spacial score (nSPS) is 10.5. The van der Waals surface area contributed by atoms with E-state index in [0.29, 0.717) is 6.54 Å². The molecule has 0 aromatic carbocycles. The van der Waals surface area contributed by atoms with E-state index in [1.54, 1.807) is 6.08 Å². The summed E-state index contributed by atoms with van der Waals surface area (Å²) in [6, 6.07) is 0. The molecular weight excluding hydrogens is 278 g/mol. The van der Waals surface area contributed by atoms with Crippen LogP contribution in [0.1, 0.15) is 96.3 Å². The van der Waals surface area contributed by atoms with Gasteiger partial charge in [-0.3, -0.25) is 0 Å². The lowest BCUT2D eigenvalue weighted by atomic mass is 10.0. The third kappa shape index (κ3) is 19.7. The van der Waals surface area contributed by atoms with Crippen LogP contribution in [0.2, 0.25) is 0 Å². The van der Waals surface area contributed by atoms with Crippen LogP contribution in [0.3, 0.4) is 0 Å². The van der Waals surface area contributed by atoms with E-state index >= 15 is 0 Å². The Morgan fingerprint density at radius 1 is 0.571 bits per heavy atom. The van der Waals surface area contributed by atoms with Crippen molar-refractivity contribution in [1.82, 2.24) is 0 Å². The zero-order valence-corrected chi connectivity index (χ0v) is 14.7. The van der Waals surface area contributed by atoms with E-state index < -0.39 is 0 Å². The van der Waals surface area contributed by atoms with Gasteiger partial charge >= 0.3 is 0 Å². The average Bonchev–Trinajstić information content (AvgIpc) is 2.50. The second-order valence-electron chi connectivity index (χ2n) is 6.00. The number of hydrogen-bond donors (Lipinski definition) is 1. The molecule has 0 aliphatic rings. The lowest BCUT2D eigenvalue weighted by Gasteiger charge is -2.03. The maximum Gasteiger partial charge on any atom is 0.234 e. The zero-order valence-electron chi connectivity index (χ0n) is 13.8. The Balaban J connectivity index is 2.94. The van der Waals surface area contributed by atoms with Crippen LogP contribution in [0.4, 0.5) is 0 Å². The summed E-state index contributed by atoms with van der Waals surface area (Å²) in [7, 11) is 0. The molecule has 0 amide bonds. The topological polar surface area (TPSA) is 29.4 Å². The number of unbranched alkanes of at least 4 members (excludes halogenated alkanes) is 14. The fourth-order valence-electron chi connectivity index (χ4n) is 2.65. The van der Waals surface area contributed by atoms with Crippen LogP contribution in [-0.4, -0.2) is 18.4 Å². The first-order chi connectivity index (χ1) is 10.4. The minimum atomic E-state index is 0.665. The Hall–Kier alpha value is -0.270. The van der Waals surface area contributed by atoms with Crippen LogP contribution in [0.25, 0.3) is 0 Å². The van der Waals surface area contributed by atoms with Crippen molar-refractivity contribution in [2.45, 2.75) is 96.3 Å². The van der Waals surface area contributed by atoms with Gasteiger partial charge in [-0.2, -0.15) is 12.6 Å². The zero-order chi connectivity index (χ0) is 15.4. The first-order valence-corrected chi connectivity index (χ1v) is 9.69. The Morgan fingerprint density at radius 2 is 0.905 bits per heavy atom. The summed E-state index contributed by atoms with van der Waals surface area (Å²) >= 11 is 4.23. The molecule has 3 heteroatoms. The largest absolute Gasteiger partial charge is 0.234 e. The molecule has 124 valence electrons.